The molecule has 0 unspecified atom stereocenters. The fourth-order valence-corrected chi connectivity index (χ4v) is 3.62. The van der Waals surface area contributed by atoms with Gasteiger partial charge in [-0.2, -0.15) is 0 Å². The first-order chi connectivity index (χ1) is 13.3. The van der Waals surface area contributed by atoms with Crippen LogP contribution >= 0.6 is 0 Å². The zero-order valence-electron chi connectivity index (χ0n) is 15.1. The summed E-state index contributed by atoms with van der Waals surface area (Å²) in [6.45, 7) is 0.846. The highest BCUT2D eigenvalue weighted by molar-refractivity contribution is 7.88. The molecule has 0 saturated carbocycles. The summed E-state index contributed by atoms with van der Waals surface area (Å²) in [6.07, 6.45) is 0.0643. The van der Waals surface area contributed by atoms with E-state index in [1.807, 2.05) is 18.2 Å². The van der Waals surface area contributed by atoms with E-state index in [1.165, 1.54) is 0 Å². The zero-order valence-corrected chi connectivity index (χ0v) is 15.9. The van der Waals surface area contributed by atoms with Crippen LogP contribution < -0.4 is 20.1 Å². The third-order valence-electron chi connectivity index (χ3n) is 4.17. The summed E-state index contributed by atoms with van der Waals surface area (Å²) >= 11 is 0. The van der Waals surface area contributed by atoms with Gasteiger partial charge in [0.2, 0.25) is 21.8 Å². The minimum atomic E-state index is -3.65. The maximum Gasteiger partial charge on any atom is 0.227 e. The molecule has 148 valence electrons. The number of fused-ring (bicyclic) bond motifs is 1. The molecule has 0 saturated heterocycles. The highest BCUT2D eigenvalue weighted by Crippen LogP contribution is 2.31. The van der Waals surface area contributed by atoms with Crippen LogP contribution in [0.1, 0.15) is 18.4 Å². The van der Waals surface area contributed by atoms with Crippen LogP contribution in [0.2, 0.25) is 0 Å². The molecule has 2 aromatic carbocycles. The Balaban J connectivity index is 1.56. The molecule has 2 amide bonds. The lowest BCUT2D eigenvalue weighted by molar-refractivity contribution is -0.122. The van der Waals surface area contributed by atoms with E-state index < -0.39 is 10.0 Å². The molecule has 1 aliphatic rings. The minimum absolute atomic E-state index is 0.0117. The number of para-hydroxylation sites is 2. The lowest BCUT2D eigenvalue weighted by atomic mass is 10.2. The summed E-state index contributed by atoms with van der Waals surface area (Å²) in [5, 5.41) is 7.71. The van der Waals surface area contributed by atoms with Crippen LogP contribution in [0.5, 0.6) is 5.75 Å². The standard InChI is InChI=1S/C19H21N3O5S/c20-28(25,26)13-14-4-3-5-15(12-14)21-18(23)8-9-19(24)22-10-11-27-17-7-2-1-6-16(17)22/h1-7,12H,8-11,13H2,(H,21,23)(H2,20,25,26). The van der Waals surface area contributed by atoms with Gasteiger partial charge in [0.15, 0.2) is 0 Å². The highest BCUT2D eigenvalue weighted by Gasteiger charge is 2.23. The molecule has 0 bridgehead atoms. The second-order valence-electron chi connectivity index (χ2n) is 6.42. The monoisotopic (exact) mass is 403 g/mol. The number of nitrogens with zero attached hydrogens (tertiary/aromatic N) is 1. The number of nitrogens with two attached hydrogens (primary N) is 1. The van der Waals surface area contributed by atoms with Crippen molar-refractivity contribution >= 4 is 33.2 Å². The average Bonchev–Trinajstić information content (AvgIpc) is 2.64. The van der Waals surface area contributed by atoms with E-state index in [9.17, 15) is 18.0 Å². The second-order valence-corrected chi connectivity index (χ2v) is 8.03. The van der Waals surface area contributed by atoms with Gasteiger partial charge in [0.1, 0.15) is 12.4 Å². The van der Waals surface area contributed by atoms with Crippen LogP contribution in [0.4, 0.5) is 11.4 Å². The number of carbonyl (C=O) groups is 2. The van der Waals surface area contributed by atoms with Gasteiger partial charge in [0, 0.05) is 18.5 Å². The first-order valence-electron chi connectivity index (χ1n) is 8.73. The number of carbonyl (C=O) groups excluding carboxylic acids is 2. The fraction of sp³-hybridized carbons (Fsp3) is 0.263. The Morgan fingerprint density at radius 1 is 1.11 bits per heavy atom. The SMILES string of the molecule is NS(=O)(=O)Cc1cccc(NC(=O)CCC(=O)N2CCOc3ccccc32)c1. The molecule has 8 nitrogen and oxygen atoms in total. The van der Waals surface area contributed by atoms with E-state index in [1.54, 1.807) is 35.2 Å². The van der Waals surface area contributed by atoms with Crippen LogP contribution in [0.25, 0.3) is 0 Å². The average molecular weight is 403 g/mol. The Morgan fingerprint density at radius 2 is 1.89 bits per heavy atom. The molecular weight excluding hydrogens is 382 g/mol. The molecule has 3 N–H and O–H groups in total. The fourth-order valence-electron chi connectivity index (χ4n) is 2.98. The topological polar surface area (TPSA) is 119 Å². The van der Waals surface area contributed by atoms with Gasteiger partial charge < -0.3 is 15.0 Å². The number of anilines is 2. The van der Waals surface area contributed by atoms with E-state index in [0.29, 0.717) is 35.8 Å². The maximum absolute atomic E-state index is 12.5. The van der Waals surface area contributed by atoms with Gasteiger partial charge in [-0.25, -0.2) is 13.6 Å². The van der Waals surface area contributed by atoms with Crippen LogP contribution in [-0.4, -0.2) is 33.4 Å². The van der Waals surface area contributed by atoms with Gasteiger partial charge in [-0.15, -0.1) is 0 Å². The highest BCUT2D eigenvalue weighted by atomic mass is 32.2. The van der Waals surface area contributed by atoms with Gasteiger partial charge in [-0.3, -0.25) is 9.59 Å². The molecule has 0 radical (unpaired) electrons. The first kappa shape index (κ1) is 19.8. The molecule has 3 rings (SSSR count). The molecule has 1 aliphatic heterocycles. The summed E-state index contributed by atoms with van der Waals surface area (Å²) in [5.74, 6) is -0.152. The Bertz CT molecular complexity index is 991. The smallest absolute Gasteiger partial charge is 0.227 e. The number of rotatable bonds is 6. The van der Waals surface area contributed by atoms with Gasteiger partial charge in [0.05, 0.1) is 18.0 Å². The largest absolute Gasteiger partial charge is 0.490 e. The number of primary sulfonamides is 1. The molecule has 28 heavy (non-hydrogen) atoms. The van der Waals surface area contributed by atoms with Crippen molar-refractivity contribution in [2.45, 2.75) is 18.6 Å². The summed E-state index contributed by atoms with van der Waals surface area (Å²) in [7, 11) is -3.65. The quantitative estimate of drug-likeness (QED) is 0.760. The van der Waals surface area contributed by atoms with Crippen molar-refractivity contribution in [2.75, 3.05) is 23.4 Å². The first-order valence-corrected chi connectivity index (χ1v) is 10.4. The van der Waals surface area contributed by atoms with Crippen molar-refractivity contribution in [3.8, 4) is 5.75 Å². The van der Waals surface area contributed by atoms with Crippen LogP contribution in [-0.2, 0) is 25.4 Å². The number of sulfonamides is 1. The van der Waals surface area contributed by atoms with Gasteiger partial charge in [-0.05, 0) is 29.8 Å². The van der Waals surface area contributed by atoms with Crippen molar-refractivity contribution in [3.05, 3.63) is 54.1 Å². The molecule has 1 heterocycles. The number of amides is 2. The molecule has 0 aromatic heterocycles. The lowest BCUT2D eigenvalue weighted by Gasteiger charge is -2.29. The predicted molar refractivity (Wildman–Crippen MR) is 105 cm³/mol. The van der Waals surface area contributed by atoms with Crippen molar-refractivity contribution < 1.29 is 22.7 Å². The van der Waals surface area contributed by atoms with E-state index in [2.05, 4.69) is 5.32 Å². The number of hydrogen-bond donors (Lipinski definition) is 2. The molecule has 0 aliphatic carbocycles. The summed E-state index contributed by atoms with van der Waals surface area (Å²) in [6, 6.07) is 13.7. The van der Waals surface area contributed by atoms with Gasteiger partial charge in [0.25, 0.3) is 0 Å². The third kappa shape index (κ3) is 5.30. The third-order valence-corrected chi connectivity index (χ3v) is 4.91. The number of ether oxygens (including phenoxy) is 1. The lowest BCUT2D eigenvalue weighted by Crippen LogP contribution is -2.38. The molecule has 0 fully saturated rings. The van der Waals surface area contributed by atoms with E-state index >= 15 is 0 Å². The number of benzene rings is 2. The number of hydrogen-bond acceptors (Lipinski definition) is 5. The Morgan fingerprint density at radius 3 is 2.68 bits per heavy atom. The molecular formula is C19H21N3O5S. The number of nitrogens with one attached hydrogen (secondary N) is 1. The Labute approximate surface area is 163 Å². The van der Waals surface area contributed by atoms with Crippen molar-refractivity contribution in [3.63, 3.8) is 0 Å². The Hall–Kier alpha value is -2.91. The van der Waals surface area contributed by atoms with Crippen molar-refractivity contribution in [1.82, 2.24) is 0 Å². The molecule has 9 heteroatoms. The van der Waals surface area contributed by atoms with E-state index in [0.717, 1.165) is 0 Å². The van der Waals surface area contributed by atoms with Crippen molar-refractivity contribution in [1.29, 1.82) is 0 Å². The Kier molecular flexibility index (Phi) is 5.96. The van der Waals surface area contributed by atoms with Gasteiger partial charge >= 0.3 is 0 Å². The van der Waals surface area contributed by atoms with Crippen molar-refractivity contribution in [2.24, 2.45) is 5.14 Å². The van der Waals surface area contributed by atoms with Crippen LogP contribution in [0, 0.1) is 0 Å². The minimum Gasteiger partial charge on any atom is -0.490 e. The zero-order chi connectivity index (χ0) is 20.1. The van der Waals surface area contributed by atoms with Crippen LogP contribution in [0.3, 0.4) is 0 Å². The second kappa shape index (κ2) is 8.41. The molecule has 0 atom stereocenters. The maximum atomic E-state index is 12.5. The van der Waals surface area contributed by atoms with E-state index in [4.69, 9.17) is 9.88 Å². The summed E-state index contributed by atoms with van der Waals surface area (Å²) < 4.78 is 27.9. The predicted octanol–water partition coefficient (Wildman–Crippen LogP) is 1.62. The van der Waals surface area contributed by atoms with Crippen LogP contribution in [0.15, 0.2) is 48.5 Å². The summed E-state index contributed by atoms with van der Waals surface area (Å²) in [4.78, 5) is 26.4. The van der Waals surface area contributed by atoms with E-state index in [-0.39, 0.29) is 30.4 Å². The molecule has 2 aromatic rings. The van der Waals surface area contributed by atoms with Gasteiger partial charge in [-0.1, -0.05) is 24.3 Å². The normalized spacial score (nSPS) is 13.4. The summed E-state index contributed by atoms with van der Waals surface area (Å²) in [5.41, 5.74) is 1.63. The molecule has 0 spiro atoms.